The first kappa shape index (κ1) is 13.0. The van der Waals surface area contributed by atoms with E-state index in [0.717, 1.165) is 0 Å². The fourth-order valence-corrected chi connectivity index (χ4v) is 2.78. The molecule has 5 heteroatoms. The molecule has 0 bridgehead atoms. The van der Waals surface area contributed by atoms with Gasteiger partial charge in [0, 0.05) is 18.0 Å². The van der Waals surface area contributed by atoms with E-state index >= 15 is 0 Å². The first-order valence-corrected chi connectivity index (χ1v) is 6.78. The van der Waals surface area contributed by atoms with Crippen LogP contribution in [0.1, 0.15) is 16.1 Å². The fourth-order valence-electron chi connectivity index (χ4n) is 2.25. The molecule has 0 fully saturated rings. The second-order valence-corrected chi connectivity index (χ2v) is 5.29. The minimum absolute atomic E-state index is 0.187. The average Bonchev–Trinajstić information content (AvgIpc) is 2.78. The van der Waals surface area contributed by atoms with Crippen LogP contribution >= 0.6 is 15.9 Å². The maximum atomic E-state index is 13.8. The summed E-state index contributed by atoms with van der Waals surface area (Å²) in [6.07, 6.45) is 1.57. The molecule has 100 valence electrons. The number of rotatable bonds is 2. The zero-order valence-electron chi connectivity index (χ0n) is 10.6. The minimum atomic E-state index is -0.332. The molecule has 0 saturated heterocycles. The Balaban J connectivity index is 2.26. The van der Waals surface area contributed by atoms with Crippen LogP contribution in [-0.2, 0) is 7.05 Å². The number of benzene rings is 2. The molecule has 0 radical (unpaired) electrons. The summed E-state index contributed by atoms with van der Waals surface area (Å²) in [5.74, 6) is -0.519. The number of hydrogen-bond donors (Lipinski definition) is 0. The summed E-state index contributed by atoms with van der Waals surface area (Å²) in [5.41, 5.74) is 0.910. The summed E-state index contributed by atoms with van der Waals surface area (Å²) in [5, 5.41) is 5.08. The van der Waals surface area contributed by atoms with Gasteiger partial charge < -0.3 is 0 Å². The third-order valence-corrected chi connectivity index (χ3v) is 3.81. The molecule has 3 rings (SSSR count). The Kier molecular flexibility index (Phi) is 3.14. The Morgan fingerprint density at radius 3 is 2.55 bits per heavy atom. The lowest BCUT2D eigenvalue weighted by molar-refractivity contribution is 0.103. The van der Waals surface area contributed by atoms with Crippen LogP contribution in [0.2, 0.25) is 0 Å². The van der Waals surface area contributed by atoms with Crippen molar-refractivity contribution in [2.24, 2.45) is 7.05 Å². The molecule has 0 unspecified atom stereocenters. The van der Waals surface area contributed by atoms with Crippen molar-refractivity contribution < 1.29 is 9.18 Å². The van der Waals surface area contributed by atoms with Gasteiger partial charge in [-0.2, -0.15) is 5.10 Å². The van der Waals surface area contributed by atoms with Crippen LogP contribution in [-0.4, -0.2) is 15.6 Å². The van der Waals surface area contributed by atoms with Crippen LogP contribution in [0.4, 0.5) is 4.39 Å². The Morgan fingerprint density at radius 2 is 1.90 bits per heavy atom. The molecule has 0 spiro atoms. The Morgan fingerprint density at radius 1 is 1.20 bits per heavy atom. The average molecular weight is 333 g/mol. The molecule has 0 saturated carbocycles. The zero-order chi connectivity index (χ0) is 14.3. The lowest BCUT2D eigenvalue weighted by atomic mass is 9.99. The van der Waals surface area contributed by atoms with Crippen LogP contribution in [0, 0.1) is 5.82 Å². The second kappa shape index (κ2) is 4.83. The molecule has 2 aromatic carbocycles. The summed E-state index contributed by atoms with van der Waals surface area (Å²) in [4.78, 5) is 12.7. The van der Waals surface area contributed by atoms with Gasteiger partial charge in [0.15, 0.2) is 0 Å². The van der Waals surface area contributed by atoms with E-state index in [2.05, 4.69) is 21.0 Å². The molecule has 0 aliphatic carbocycles. The maximum absolute atomic E-state index is 13.8. The van der Waals surface area contributed by atoms with Gasteiger partial charge in [-0.25, -0.2) is 4.39 Å². The summed E-state index contributed by atoms with van der Waals surface area (Å²) < 4.78 is 15.9. The highest BCUT2D eigenvalue weighted by Gasteiger charge is 2.20. The first-order chi connectivity index (χ1) is 9.59. The smallest absolute Gasteiger partial charge is 0.212 e. The quantitative estimate of drug-likeness (QED) is 0.670. The highest BCUT2D eigenvalue weighted by atomic mass is 79.9. The van der Waals surface area contributed by atoms with Crippen LogP contribution < -0.4 is 0 Å². The number of hydrogen-bond acceptors (Lipinski definition) is 2. The van der Waals surface area contributed by atoms with Crippen molar-refractivity contribution in [2.45, 2.75) is 0 Å². The summed E-state index contributed by atoms with van der Waals surface area (Å²) in [6, 6.07) is 9.78. The van der Waals surface area contributed by atoms with Gasteiger partial charge in [-0.1, -0.05) is 24.3 Å². The number of halogens is 2. The Labute approximate surface area is 123 Å². The fraction of sp³-hybridized carbons (Fsp3) is 0.0667. The molecule has 0 atom stereocenters. The minimum Gasteiger partial charge on any atom is -0.287 e. The van der Waals surface area contributed by atoms with Crippen molar-refractivity contribution in [1.29, 1.82) is 0 Å². The topological polar surface area (TPSA) is 34.9 Å². The number of ketones is 1. The van der Waals surface area contributed by atoms with E-state index in [4.69, 9.17) is 0 Å². The summed E-state index contributed by atoms with van der Waals surface area (Å²) in [7, 11) is 1.70. The molecular formula is C15H10BrFN2O. The zero-order valence-corrected chi connectivity index (χ0v) is 12.2. The highest BCUT2D eigenvalue weighted by molar-refractivity contribution is 9.10. The molecule has 0 aliphatic heterocycles. The third-order valence-electron chi connectivity index (χ3n) is 3.22. The predicted molar refractivity (Wildman–Crippen MR) is 78.2 cm³/mol. The second-order valence-electron chi connectivity index (χ2n) is 4.43. The summed E-state index contributed by atoms with van der Waals surface area (Å²) in [6.45, 7) is 0. The monoisotopic (exact) mass is 332 g/mol. The van der Waals surface area contributed by atoms with Crippen molar-refractivity contribution in [3.05, 3.63) is 64.1 Å². The molecule has 1 heterocycles. The van der Waals surface area contributed by atoms with E-state index in [1.54, 1.807) is 37.5 Å². The van der Waals surface area contributed by atoms with E-state index in [1.807, 2.05) is 0 Å². The number of nitrogens with zero attached hydrogens (tertiary/aromatic N) is 2. The van der Waals surface area contributed by atoms with Crippen LogP contribution in [0.15, 0.2) is 47.1 Å². The molecule has 20 heavy (non-hydrogen) atoms. The van der Waals surface area contributed by atoms with E-state index in [-0.39, 0.29) is 11.6 Å². The van der Waals surface area contributed by atoms with E-state index in [1.165, 1.54) is 16.8 Å². The van der Waals surface area contributed by atoms with Crippen molar-refractivity contribution in [2.75, 3.05) is 0 Å². The molecular weight excluding hydrogens is 323 g/mol. The number of carbonyl (C=O) groups excluding carboxylic acids is 1. The molecule has 1 aromatic heterocycles. The van der Waals surface area contributed by atoms with Crippen LogP contribution in [0.3, 0.4) is 0 Å². The van der Waals surface area contributed by atoms with Crippen LogP contribution in [0.25, 0.3) is 10.8 Å². The van der Waals surface area contributed by atoms with Crippen LogP contribution in [0.5, 0.6) is 0 Å². The van der Waals surface area contributed by atoms with Gasteiger partial charge in [0.1, 0.15) is 11.5 Å². The van der Waals surface area contributed by atoms with Gasteiger partial charge in [0.2, 0.25) is 5.78 Å². The van der Waals surface area contributed by atoms with Gasteiger partial charge in [-0.05, 0) is 33.4 Å². The first-order valence-electron chi connectivity index (χ1n) is 5.99. The van der Waals surface area contributed by atoms with E-state index in [9.17, 15) is 9.18 Å². The van der Waals surface area contributed by atoms with E-state index < -0.39 is 0 Å². The molecule has 0 amide bonds. The largest absolute Gasteiger partial charge is 0.287 e. The summed E-state index contributed by atoms with van der Waals surface area (Å²) >= 11 is 3.32. The van der Waals surface area contributed by atoms with Crippen molar-refractivity contribution >= 4 is 32.5 Å². The van der Waals surface area contributed by atoms with Crippen molar-refractivity contribution in [3.63, 3.8) is 0 Å². The Hall–Kier alpha value is -2.01. The molecule has 0 N–H and O–H groups in total. The predicted octanol–water partition coefficient (Wildman–Crippen LogP) is 3.71. The van der Waals surface area contributed by atoms with Gasteiger partial charge in [0.05, 0.1) is 10.7 Å². The van der Waals surface area contributed by atoms with E-state index in [0.29, 0.717) is 26.5 Å². The van der Waals surface area contributed by atoms with Crippen molar-refractivity contribution in [1.82, 2.24) is 9.78 Å². The van der Waals surface area contributed by atoms with Gasteiger partial charge in [-0.3, -0.25) is 9.48 Å². The maximum Gasteiger partial charge on any atom is 0.212 e. The van der Waals surface area contributed by atoms with Gasteiger partial charge in [0.25, 0.3) is 0 Å². The lowest BCUT2D eigenvalue weighted by Crippen LogP contribution is -2.09. The number of aromatic nitrogens is 2. The number of aryl methyl sites for hydroxylation is 1. The number of fused-ring (bicyclic) bond motifs is 1. The standard InChI is InChI=1S/C15H10BrFN2O/c1-19-14(12(16)8-18-19)15(20)11-6-7-13(17)10-5-3-2-4-9(10)11/h2-8H,1H3. The molecule has 3 aromatic rings. The lowest BCUT2D eigenvalue weighted by Gasteiger charge is -2.07. The normalized spacial score (nSPS) is 10.9. The number of carbonyl (C=O) groups is 1. The van der Waals surface area contributed by atoms with Gasteiger partial charge in [-0.15, -0.1) is 0 Å². The molecule has 3 nitrogen and oxygen atoms in total. The Bertz CT molecular complexity index is 806. The van der Waals surface area contributed by atoms with Gasteiger partial charge >= 0.3 is 0 Å². The highest BCUT2D eigenvalue weighted by Crippen LogP contribution is 2.26. The van der Waals surface area contributed by atoms with Crippen molar-refractivity contribution in [3.8, 4) is 0 Å². The SMILES string of the molecule is Cn1ncc(Br)c1C(=O)c1ccc(F)c2ccccc12. The third kappa shape index (κ3) is 1.94. The molecule has 0 aliphatic rings.